The smallest absolute Gasteiger partial charge is 0.219 e. The van der Waals surface area contributed by atoms with Crippen LogP contribution in [-0.4, -0.2) is 21.7 Å². The van der Waals surface area contributed by atoms with Crippen LogP contribution in [-0.2, 0) is 4.79 Å². The fraction of sp³-hybridized carbons (Fsp3) is 0.318. The molecule has 1 aromatic heterocycles. The van der Waals surface area contributed by atoms with Gasteiger partial charge in [-0.2, -0.15) is 10.5 Å². The molecule has 0 saturated carbocycles. The summed E-state index contributed by atoms with van der Waals surface area (Å²) in [6.45, 7) is 4.07. The fourth-order valence-corrected chi connectivity index (χ4v) is 5.93. The molecule has 2 heterocycles. The number of halogens is 1. The molecule has 2 N–H and O–H groups in total. The third-order valence-electron chi connectivity index (χ3n) is 5.41. The van der Waals surface area contributed by atoms with Crippen molar-refractivity contribution < 1.29 is 4.79 Å². The Morgan fingerprint density at radius 3 is 2.81 bits per heavy atom. The first-order valence-electron chi connectivity index (χ1n) is 9.80. The summed E-state index contributed by atoms with van der Waals surface area (Å²) >= 11 is 8.79. The molecule has 0 fully saturated rings. The summed E-state index contributed by atoms with van der Waals surface area (Å²) in [5.74, 6) is -0.127. The van der Waals surface area contributed by atoms with Gasteiger partial charge in [-0.3, -0.25) is 9.69 Å². The number of nitriles is 2. The topological polar surface area (TPSA) is 120 Å². The minimum absolute atomic E-state index is 0.0185. The predicted molar refractivity (Wildman–Crippen MR) is 125 cm³/mol. The molecule has 0 amide bonds. The Morgan fingerprint density at radius 2 is 2.12 bits per heavy atom. The Hall–Kier alpha value is -2.85. The number of allylic oxidation sites excluding steroid dienone is 3. The highest BCUT2D eigenvalue weighted by molar-refractivity contribution is 8.01. The SMILES string of the molecule is CC1(C)CC(=O)C2=C(C1)N(c1nnc(SCC#N)s1)C(N)=C(C#N)C2c1cccc(Cl)c1. The van der Waals surface area contributed by atoms with Crippen molar-refractivity contribution in [2.24, 2.45) is 11.1 Å². The Kier molecular flexibility index (Phi) is 6.00. The zero-order chi connectivity index (χ0) is 23.0. The number of benzene rings is 1. The van der Waals surface area contributed by atoms with Crippen LogP contribution in [0.1, 0.15) is 38.2 Å². The molecule has 32 heavy (non-hydrogen) atoms. The zero-order valence-electron chi connectivity index (χ0n) is 17.4. The molecule has 0 saturated heterocycles. The van der Waals surface area contributed by atoms with Crippen molar-refractivity contribution in [2.75, 3.05) is 10.7 Å². The Morgan fingerprint density at radius 1 is 1.34 bits per heavy atom. The molecule has 4 rings (SSSR count). The van der Waals surface area contributed by atoms with Gasteiger partial charge in [0.15, 0.2) is 10.1 Å². The third kappa shape index (κ3) is 4.00. The fourth-order valence-electron chi connectivity index (χ4n) is 4.19. The molecule has 7 nitrogen and oxygen atoms in total. The van der Waals surface area contributed by atoms with Crippen molar-refractivity contribution in [3.8, 4) is 12.1 Å². The zero-order valence-corrected chi connectivity index (χ0v) is 19.8. The maximum Gasteiger partial charge on any atom is 0.219 e. The van der Waals surface area contributed by atoms with Gasteiger partial charge in [0.2, 0.25) is 5.13 Å². The van der Waals surface area contributed by atoms with Gasteiger partial charge in [-0.15, -0.1) is 10.2 Å². The molecule has 1 atom stereocenters. The van der Waals surface area contributed by atoms with E-state index in [-0.39, 0.29) is 28.3 Å². The van der Waals surface area contributed by atoms with E-state index in [1.807, 2.05) is 19.9 Å². The lowest BCUT2D eigenvalue weighted by Crippen LogP contribution is -2.42. The predicted octanol–water partition coefficient (Wildman–Crippen LogP) is 4.75. The van der Waals surface area contributed by atoms with E-state index in [0.29, 0.717) is 32.9 Å². The Bertz CT molecular complexity index is 1250. The molecular formula is C22H19ClN6OS2. The lowest BCUT2D eigenvalue weighted by atomic mass is 9.69. The summed E-state index contributed by atoms with van der Waals surface area (Å²) < 4.78 is 0.619. The maximum absolute atomic E-state index is 13.4. The molecular weight excluding hydrogens is 464 g/mol. The van der Waals surface area contributed by atoms with Crippen molar-refractivity contribution in [1.82, 2.24) is 10.2 Å². The first-order chi connectivity index (χ1) is 15.3. The lowest BCUT2D eigenvalue weighted by molar-refractivity contribution is -0.118. The number of nitrogens with two attached hydrogens (primary N) is 1. The molecule has 10 heteroatoms. The number of hydrogen-bond acceptors (Lipinski definition) is 9. The first kappa shape index (κ1) is 22.3. The number of ketones is 1. The van der Waals surface area contributed by atoms with Crippen LogP contribution in [0.15, 0.2) is 51.3 Å². The van der Waals surface area contributed by atoms with Crippen LogP contribution >= 0.6 is 34.7 Å². The van der Waals surface area contributed by atoms with Gasteiger partial charge < -0.3 is 5.73 Å². The highest BCUT2D eigenvalue weighted by atomic mass is 35.5. The van der Waals surface area contributed by atoms with E-state index in [2.05, 4.69) is 22.3 Å². The number of aromatic nitrogens is 2. The number of thioether (sulfide) groups is 1. The number of Topliss-reactive ketones (excluding diaryl/α,β-unsaturated/α-hetero) is 1. The van der Waals surface area contributed by atoms with E-state index in [1.54, 1.807) is 23.1 Å². The summed E-state index contributed by atoms with van der Waals surface area (Å²) in [6.07, 6.45) is 0.958. The minimum atomic E-state index is -0.589. The van der Waals surface area contributed by atoms with Crippen LogP contribution in [0, 0.1) is 28.1 Å². The van der Waals surface area contributed by atoms with Crippen LogP contribution in [0.2, 0.25) is 5.02 Å². The minimum Gasteiger partial charge on any atom is -0.384 e. The maximum atomic E-state index is 13.4. The highest BCUT2D eigenvalue weighted by Gasteiger charge is 2.45. The van der Waals surface area contributed by atoms with Gasteiger partial charge in [-0.1, -0.05) is 60.7 Å². The number of nitrogens with zero attached hydrogens (tertiary/aromatic N) is 5. The summed E-state index contributed by atoms with van der Waals surface area (Å²) in [5, 5.41) is 28.3. The summed E-state index contributed by atoms with van der Waals surface area (Å²) in [6, 6.07) is 11.5. The summed E-state index contributed by atoms with van der Waals surface area (Å²) in [4.78, 5) is 15.1. The summed E-state index contributed by atoms with van der Waals surface area (Å²) in [5.41, 5.74) is 8.61. The van der Waals surface area contributed by atoms with Gasteiger partial charge in [0.05, 0.1) is 29.4 Å². The van der Waals surface area contributed by atoms with E-state index < -0.39 is 5.92 Å². The van der Waals surface area contributed by atoms with E-state index in [1.165, 1.54) is 23.1 Å². The number of carbonyl (C=O) groups excluding carboxylic acids is 1. The molecule has 0 bridgehead atoms. The number of hydrogen-bond donors (Lipinski definition) is 1. The molecule has 2 aliphatic rings. The monoisotopic (exact) mass is 482 g/mol. The first-order valence-corrected chi connectivity index (χ1v) is 12.0. The highest BCUT2D eigenvalue weighted by Crippen LogP contribution is 2.50. The molecule has 2 aromatic rings. The van der Waals surface area contributed by atoms with Crippen molar-refractivity contribution in [1.29, 1.82) is 10.5 Å². The summed E-state index contributed by atoms with van der Waals surface area (Å²) in [7, 11) is 0. The van der Waals surface area contributed by atoms with E-state index >= 15 is 0 Å². The van der Waals surface area contributed by atoms with Crippen LogP contribution in [0.3, 0.4) is 0 Å². The second-order valence-electron chi connectivity index (χ2n) is 8.33. The average Bonchev–Trinajstić information content (AvgIpc) is 3.18. The van der Waals surface area contributed by atoms with Gasteiger partial charge in [-0.05, 0) is 29.5 Å². The molecule has 0 radical (unpaired) electrons. The molecule has 1 unspecified atom stereocenters. The van der Waals surface area contributed by atoms with Crippen LogP contribution in [0.4, 0.5) is 5.13 Å². The van der Waals surface area contributed by atoms with E-state index in [4.69, 9.17) is 22.6 Å². The van der Waals surface area contributed by atoms with Gasteiger partial charge in [0.25, 0.3) is 0 Å². The molecule has 162 valence electrons. The normalized spacial score (nSPS) is 20.1. The van der Waals surface area contributed by atoms with Crippen LogP contribution in [0.25, 0.3) is 0 Å². The van der Waals surface area contributed by atoms with Gasteiger partial charge >= 0.3 is 0 Å². The van der Waals surface area contributed by atoms with Crippen molar-refractivity contribution in [2.45, 2.75) is 36.9 Å². The molecule has 1 aliphatic carbocycles. The number of anilines is 1. The van der Waals surface area contributed by atoms with Crippen molar-refractivity contribution in [3.05, 3.63) is 57.5 Å². The molecule has 0 spiro atoms. The van der Waals surface area contributed by atoms with Crippen LogP contribution < -0.4 is 10.6 Å². The largest absolute Gasteiger partial charge is 0.384 e. The lowest BCUT2D eigenvalue weighted by Gasteiger charge is -2.42. The Balaban J connectivity index is 1.93. The molecule has 1 aromatic carbocycles. The van der Waals surface area contributed by atoms with Crippen LogP contribution in [0.5, 0.6) is 0 Å². The Labute approximate surface area is 199 Å². The van der Waals surface area contributed by atoms with Crippen molar-refractivity contribution >= 4 is 45.6 Å². The quantitative estimate of drug-likeness (QED) is 0.620. The number of rotatable bonds is 4. The average molecular weight is 483 g/mol. The van der Waals surface area contributed by atoms with Gasteiger partial charge in [0.1, 0.15) is 5.82 Å². The van der Waals surface area contributed by atoms with Crippen molar-refractivity contribution in [3.63, 3.8) is 0 Å². The van der Waals surface area contributed by atoms with E-state index in [9.17, 15) is 10.1 Å². The van der Waals surface area contributed by atoms with Gasteiger partial charge in [0, 0.05) is 22.7 Å². The van der Waals surface area contributed by atoms with Gasteiger partial charge in [-0.25, -0.2) is 0 Å². The number of carbonyl (C=O) groups is 1. The molecule has 1 aliphatic heterocycles. The third-order valence-corrected chi connectivity index (χ3v) is 7.55. The second kappa shape index (κ2) is 8.59. The standard InChI is InChI=1S/C22H19ClN6OS2/c1-22(2)9-15-18(16(30)10-22)17(12-4-3-5-13(23)8-12)14(11-25)19(26)29(15)20-27-28-21(32-20)31-7-6-24/h3-5,8,17H,7,9-10,26H2,1-2H3. The second-order valence-corrected chi connectivity index (χ2v) is 10.9. The van der Waals surface area contributed by atoms with E-state index in [0.717, 1.165) is 11.3 Å².